The van der Waals surface area contributed by atoms with E-state index < -0.39 is 5.54 Å². The summed E-state index contributed by atoms with van der Waals surface area (Å²) in [6.45, 7) is 1.96. The minimum atomic E-state index is -0.433. The largest absolute Gasteiger partial charge is 0.494 e. The van der Waals surface area contributed by atoms with E-state index in [9.17, 15) is 4.79 Å². The van der Waals surface area contributed by atoms with Gasteiger partial charge in [0.2, 0.25) is 5.91 Å². The Bertz CT molecular complexity index is 469. The Hall–Kier alpha value is -1.04. The number of nitrogens with one attached hydrogen (secondary N) is 1. The van der Waals surface area contributed by atoms with Gasteiger partial charge in [0.25, 0.3) is 0 Å². The fourth-order valence-electron chi connectivity index (χ4n) is 2.66. The maximum absolute atomic E-state index is 12.4. The number of ether oxygens (including phenoxy) is 1. The number of aromatic nitrogens is 1. The summed E-state index contributed by atoms with van der Waals surface area (Å²) in [7, 11) is 1.57. The van der Waals surface area contributed by atoms with Crippen LogP contribution >= 0.6 is 24.8 Å². The summed E-state index contributed by atoms with van der Waals surface area (Å²) in [4.78, 5) is 16.4. The average Bonchev–Trinajstić information content (AvgIpc) is 2.38. The summed E-state index contributed by atoms with van der Waals surface area (Å²) in [5, 5.41) is 2.88. The predicted octanol–water partition coefficient (Wildman–Crippen LogP) is 2.78. The summed E-state index contributed by atoms with van der Waals surface area (Å²) in [6, 6.07) is 1.72. The van der Waals surface area contributed by atoms with Crippen LogP contribution in [0, 0.1) is 5.92 Å². The third-order valence-corrected chi connectivity index (χ3v) is 3.83. The molecule has 0 aromatic carbocycles. The highest BCUT2D eigenvalue weighted by molar-refractivity contribution is 5.94. The van der Waals surface area contributed by atoms with Gasteiger partial charge in [0, 0.05) is 17.8 Å². The molecule has 120 valence electrons. The molecule has 0 bridgehead atoms. The van der Waals surface area contributed by atoms with E-state index in [1.54, 1.807) is 25.6 Å². The standard InChI is InChI=1S/C14H21N3O2.2ClH/c1-14(15)7-4-3-5-10(14)13(18)17-11-9-16-8-6-12(11)19-2;;/h6,8-10H,3-5,7,15H2,1-2H3,(H,17,18);2*1H. The maximum atomic E-state index is 12.4. The predicted molar refractivity (Wildman–Crippen MR) is 88.5 cm³/mol. The second-order valence-electron chi connectivity index (χ2n) is 5.37. The van der Waals surface area contributed by atoms with Gasteiger partial charge < -0.3 is 15.8 Å². The number of pyridine rings is 1. The van der Waals surface area contributed by atoms with Crippen molar-refractivity contribution in [1.82, 2.24) is 4.98 Å². The van der Waals surface area contributed by atoms with Crippen molar-refractivity contribution < 1.29 is 9.53 Å². The number of hydrogen-bond acceptors (Lipinski definition) is 4. The lowest BCUT2D eigenvalue weighted by atomic mass is 9.74. The van der Waals surface area contributed by atoms with Gasteiger partial charge in [-0.1, -0.05) is 12.8 Å². The van der Waals surface area contributed by atoms with Crippen LogP contribution in [0.1, 0.15) is 32.6 Å². The molecular weight excluding hydrogens is 313 g/mol. The third kappa shape index (κ3) is 4.73. The molecule has 7 heteroatoms. The van der Waals surface area contributed by atoms with Crippen molar-refractivity contribution in [3.8, 4) is 5.75 Å². The highest BCUT2D eigenvalue weighted by Gasteiger charge is 2.37. The molecule has 1 heterocycles. The highest BCUT2D eigenvalue weighted by Crippen LogP contribution is 2.33. The zero-order valence-electron chi connectivity index (χ0n) is 12.3. The van der Waals surface area contributed by atoms with Gasteiger partial charge in [0.05, 0.1) is 19.2 Å². The fourth-order valence-corrected chi connectivity index (χ4v) is 2.66. The molecule has 21 heavy (non-hydrogen) atoms. The van der Waals surface area contributed by atoms with Crippen molar-refractivity contribution in [1.29, 1.82) is 0 Å². The number of hydrogen-bond donors (Lipinski definition) is 2. The van der Waals surface area contributed by atoms with Crippen LogP contribution in [0.15, 0.2) is 18.5 Å². The van der Waals surface area contributed by atoms with Crippen LogP contribution < -0.4 is 15.8 Å². The topological polar surface area (TPSA) is 77.2 Å². The van der Waals surface area contributed by atoms with E-state index in [-0.39, 0.29) is 36.6 Å². The van der Waals surface area contributed by atoms with Gasteiger partial charge >= 0.3 is 0 Å². The summed E-state index contributed by atoms with van der Waals surface area (Å²) in [6.07, 6.45) is 7.08. The average molecular weight is 336 g/mol. The smallest absolute Gasteiger partial charge is 0.229 e. The lowest BCUT2D eigenvalue weighted by Crippen LogP contribution is -2.51. The molecule has 2 unspecified atom stereocenters. The van der Waals surface area contributed by atoms with Crippen molar-refractivity contribution in [2.24, 2.45) is 11.7 Å². The van der Waals surface area contributed by atoms with Crippen LogP contribution in [-0.4, -0.2) is 23.5 Å². The lowest BCUT2D eigenvalue weighted by molar-refractivity contribution is -0.122. The lowest BCUT2D eigenvalue weighted by Gasteiger charge is -2.37. The molecule has 0 saturated heterocycles. The van der Waals surface area contributed by atoms with E-state index in [4.69, 9.17) is 10.5 Å². The number of amides is 1. The van der Waals surface area contributed by atoms with Crippen LogP contribution in [0.4, 0.5) is 5.69 Å². The number of halogens is 2. The second kappa shape index (κ2) is 8.41. The molecule has 1 amide bonds. The Morgan fingerprint density at radius 3 is 2.81 bits per heavy atom. The first-order valence-electron chi connectivity index (χ1n) is 6.62. The Morgan fingerprint density at radius 2 is 2.19 bits per heavy atom. The zero-order valence-corrected chi connectivity index (χ0v) is 13.9. The molecule has 2 atom stereocenters. The first-order valence-corrected chi connectivity index (χ1v) is 6.62. The van der Waals surface area contributed by atoms with Gasteiger partial charge in [-0.3, -0.25) is 9.78 Å². The van der Waals surface area contributed by atoms with E-state index in [0.717, 1.165) is 25.7 Å². The Morgan fingerprint density at radius 1 is 1.48 bits per heavy atom. The van der Waals surface area contributed by atoms with E-state index >= 15 is 0 Å². The van der Waals surface area contributed by atoms with Crippen LogP contribution in [0.3, 0.4) is 0 Å². The summed E-state index contributed by atoms with van der Waals surface area (Å²) < 4.78 is 5.20. The van der Waals surface area contributed by atoms with Crippen molar-refractivity contribution >= 4 is 36.4 Å². The molecule has 0 aliphatic heterocycles. The first kappa shape index (κ1) is 20.0. The minimum Gasteiger partial charge on any atom is -0.494 e. The number of anilines is 1. The van der Waals surface area contributed by atoms with Gasteiger partial charge in [-0.05, 0) is 19.8 Å². The van der Waals surface area contributed by atoms with E-state index in [0.29, 0.717) is 11.4 Å². The quantitative estimate of drug-likeness (QED) is 0.890. The Balaban J connectivity index is 0.00000200. The van der Waals surface area contributed by atoms with Crippen molar-refractivity contribution in [3.05, 3.63) is 18.5 Å². The molecule has 0 spiro atoms. The number of nitrogens with zero attached hydrogens (tertiary/aromatic N) is 1. The van der Waals surface area contributed by atoms with Gasteiger partial charge in [0.1, 0.15) is 11.4 Å². The summed E-state index contributed by atoms with van der Waals surface area (Å²) in [5.41, 5.74) is 6.40. The molecule has 2 rings (SSSR count). The zero-order chi connectivity index (χ0) is 13.9. The van der Waals surface area contributed by atoms with E-state index in [1.165, 1.54) is 0 Å². The summed E-state index contributed by atoms with van der Waals surface area (Å²) in [5.74, 6) is 0.403. The van der Waals surface area contributed by atoms with Gasteiger partial charge in [-0.2, -0.15) is 0 Å². The molecule has 1 aliphatic rings. The molecule has 1 aromatic rings. The minimum absolute atomic E-state index is 0. The molecule has 1 aliphatic carbocycles. The van der Waals surface area contributed by atoms with Gasteiger partial charge in [-0.25, -0.2) is 0 Å². The van der Waals surface area contributed by atoms with E-state index in [1.807, 2.05) is 6.92 Å². The maximum Gasteiger partial charge on any atom is 0.229 e. The van der Waals surface area contributed by atoms with E-state index in [2.05, 4.69) is 10.3 Å². The number of carbonyl (C=O) groups is 1. The van der Waals surface area contributed by atoms with Crippen molar-refractivity contribution in [2.75, 3.05) is 12.4 Å². The molecule has 5 nitrogen and oxygen atoms in total. The number of nitrogens with two attached hydrogens (primary N) is 1. The number of methoxy groups -OCH3 is 1. The second-order valence-corrected chi connectivity index (χ2v) is 5.37. The van der Waals surface area contributed by atoms with Gasteiger partial charge in [0.15, 0.2) is 0 Å². The normalized spacial score (nSPS) is 24.2. The fraction of sp³-hybridized carbons (Fsp3) is 0.571. The monoisotopic (exact) mass is 335 g/mol. The molecule has 1 aromatic heterocycles. The molecule has 0 radical (unpaired) electrons. The molecule has 1 saturated carbocycles. The Labute approximate surface area is 137 Å². The SMILES string of the molecule is COc1ccncc1NC(=O)C1CCCCC1(C)N.Cl.Cl. The van der Waals surface area contributed by atoms with Crippen LogP contribution in [-0.2, 0) is 4.79 Å². The first-order chi connectivity index (χ1) is 9.04. The summed E-state index contributed by atoms with van der Waals surface area (Å²) >= 11 is 0. The molecule has 1 fully saturated rings. The van der Waals surface area contributed by atoms with Gasteiger partial charge in [-0.15, -0.1) is 24.8 Å². The molecule has 3 N–H and O–H groups in total. The number of rotatable bonds is 3. The van der Waals surface area contributed by atoms with Crippen LogP contribution in [0.2, 0.25) is 0 Å². The van der Waals surface area contributed by atoms with Crippen molar-refractivity contribution in [3.63, 3.8) is 0 Å². The Kier molecular flexibility index (Phi) is 8.00. The molecular formula is C14H23Cl2N3O2. The van der Waals surface area contributed by atoms with Crippen LogP contribution in [0.25, 0.3) is 0 Å². The van der Waals surface area contributed by atoms with Crippen molar-refractivity contribution in [2.45, 2.75) is 38.1 Å². The highest BCUT2D eigenvalue weighted by atomic mass is 35.5. The van der Waals surface area contributed by atoms with Crippen LogP contribution in [0.5, 0.6) is 5.75 Å². The third-order valence-electron chi connectivity index (χ3n) is 3.83. The number of carbonyl (C=O) groups excluding carboxylic acids is 1.